The third-order valence-corrected chi connectivity index (χ3v) is 3.14. The summed E-state index contributed by atoms with van der Waals surface area (Å²) in [7, 11) is 0. The van der Waals surface area contributed by atoms with Crippen molar-refractivity contribution in [3.63, 3.8) is 0 Å². The van der Waals surface area contributed by atoms with Crippen LogP contribution in [0.3, 0.4) is 0 Å². The topological polar surface area (TPSA) is 55.1 Å². The summed E-state index contributed by atoms with van der Waals surface area (Å²) < 4.78 is 25.8. The first-order valence-corrected chi connectivity index (χ1v) is 5.62. The van der Waals surface area contributed by atoms with Gasteiger partial charge >= 0.3 is 5.97 Å². The average molecular weight is 244 g/mol. The average Bonchev–Trinajstić information content (AvgIpc) is 2.68. The lowest BCUT2D eigenvalue weighted by atomic mass is 9.88. The van der Waals surface area contributed by atoms with E-state index in [1.54, 1.807) is 10.9 Å². The minimum atomic E-state index is -2.33. The third-order valence-electron chi connectivity index (χ3n) is 3.14. The molecule has 1 aliphatic rings. The maximum atomic E-state index is 12.1. The summed E-state index contributed by atoms with van der Waals surface area (Å²) in [5.74, 6) is -1.16. The second-order valence-corrected chi connectivity index (χ2v) is 4.30. The Bertz CT molecular complexity index is 418. The molecule has 1 aromatic heterocycles. The maximum absolute atomic E-state index is 12.1. The fourth-order valence-corrected chi connectivity index (χ4v) is 2.21. The molecule has 4 nitrogen and oxygen atoms in total. The van der Waals surface area contributed by atoms with Crippen molar-refractivity contribution in [1.29, 1.82) is 0 Å². The van der Waals surface area contributed by atoms with E-state index in [-0.39, 0.29) is 18.9 Å². The van der Waals surface area contributed by atoms with Gasteiger partial charge in [0.1, 0.15) is 0 Å². The van der Waals surface area contributed by atoms with Crippen LogP contribution in [0, 0.1) is 5.92 Å². The number of nitrogens with zero attached hydrogens (tertiary/aromatic N) is 2. The molecule has 1 unspecified atom stereocenters. The van der Waals surface area contributed by atoms with Gasteiger partial charge in [-0.2, -0.15) is 5.10 Å². The van der Waals surface area contributed by atoms with E-state index in [0.29, 0.717) is 19.3 Å². The molecule has 1 N–H and O–H groups in total. The number of hydrogen-bond donors (Lipinski definition) is 1. The van der Waals surface area contributed by atoms with Crippen molar-refractivity contribution in [2.75, 3.05) is 0 Å². The summed E-state index contributed by atoms with van der Waals surface area (Å²) in [6, 6.07) is 0. The van der Waals surface area contributed by atoms with Crippen LogP contribution < -0.4 is 0 Å². The van der Waals surface area contributed by atoms with Crippen LogP contribution in [0.15, 0.2) is 6.20 Å². The standard InChI is InChI=1S/C11H14F2N2O2/c12-10(13)3-4-15-9-2-1-7(11(16)17)5-8(9)6-14-15/h6-7,10H,1-5H2,(H,16,17). The Morgan fingerprint density at radius 2 is 2.41 bits per heavy atom. The Balaban J connectivity index is 2.07. The number of aliphatic carboxylic acids is 1. The molecule has 1 aromatic rings. The minimum absolute atomic E-state index is 0.199. The first-order chi connectivity index (χ1) is 8.08. The Morgan fingerprint density at radius 3 is 3.06 bits per heavy atom. The number of carboxylic acids is 1. The minimum Gasteiger partial charge on any atom is -0.481 e. The first kappa shape index (κ1) is 12.0. The Hall–Kier alpha value is -1.46. The van der Waals surface area contributed by atoms with Crippen molar-refractivity contribution in [3.8, 4) is 0 Å². The van der Waals surface area contributed by atoms with Crippen LogP contribution in [-0.2, 0) is 24.2 Å². The predicted molar refractivity (Wildman–Crippen MR) is 56.0 cm³/mol. The van der Waals surface area contributed by atoms with Gasteiger partial charge in [0.05, 0.1) is 12.1 Å². The van der Waals surface area contributed by atoms with Gasteiger partial charge in [-0.05, 0) is 24.8 Å². The van der Waals surface area contributed by atoms with E-state index in [4.69, 9.17) is 5.11 Å². The van der Waals surface area contributed by atoms with Crippen molar-refractivity contribution >= 4 is 5.97 Å². The zero-order valence-corrected chi connectivity index (χ0v) is 9.27. The normalized spacial score (nSPS) is 19.4. The van der Waals surface area contributed by atoms with Crippen LogP contribution in [0.2, 0.25) is 0 Å². The molecule has 0 radical (unpaired) electrons. The quantitative estimate of drug-likeness (QED) is 0.877. The van der Waals surface area contributed by atoms with Gasteiger partial charge in [0.2, 0.25) is 6.43 Å². The maximum Gasteiger partial charge on any atom is 0.306 e. The second kappa shape index (κ2) is 4.81. The zero-order chi connectivity index (χ0) is 12.4. The number of rotatable bonds is 4. The van der Waals surface area contributed by atoms with Gasteiger partial charge in [-0.1, -0.05) is 0 Å². The molecule has 0 bridgehead atoms. The molecule has 0 spiro atoms. The number of aryl methyl sites for hydroxylation is 1. The van der Waals surface area contributed by atoms with Gasteiger partial charge < -0.3 is 5.11 Å². The van der Waals surface area contributed by atoms with Gasteiger partial charge in [-0.25, -0.2) is 8.78 Å². The molecule has 6 heteroatoms. The van der Waals surface area contributed by atoms with Crippen LogP contribution in [-0.4, -0.2) is 27.3 Å². The highest BCUT2D eigenvalue weighted by molar-refractivity contribution is 5.70. The number of alkyl halides is 2. The van der Waals surface area contributed by atoms with Crippen molar-refractivity contribution in [2.24, 2.45) is 5.92 Å². The van der Waals surface area contributed by atoms with Crippen LogP contribution >= 0.6 is 0 Å². The number of carboxylic acid groups (broad SMARTS) is 1. The van der Waals surface area contributed by atoms with E-state index >= 15 is 0 Å². The molecule has 0 aliphatic heterocycles. The van der Waals surface area contributed by atoms with Crippen LogP contribution in [0.25, 0.3) is 0 Å². The number of fused-ring (bicyclic) bond motifs is 1. The number of hydrogen-bond acceptors (Lipinski definition) is 2. The Labute approximate surface area is 97.2 Å². The molecule has 0 fully saturated rings. The van der Waals surface area contributed by atoms with E-state index in [1.165, 1.54) is 0 Å². The predicted octanol–water partition coefficient (Wildman–Crippen LogP) is 1.73. The summed E-state index contributed by atoms with van der Waals surface area (Å²) in [6.45, 7) is 0.199. The summed E-state index contributed by atoms with van der Waals surface area (Å²) in [4.78, 5) is 10.9. The fourth-order valence-electron chi connectivity index (χ4n) is 2.21. The van der Waals surface area contributed by atoms with Gasteiger partial charge in [0.15, 0.2) is 0 Å². The van der Waals surface area contributed by atoms with Crippen LogP contribution in [0.4, 0.5) is 8.78 Å². The lowest BCUT2D eigenvalue weighted by molar-refractivity contribution is -0.142. The molecule has 1 atom stereocenters. The number of aromatic nitrogens is 2. The fraction of sp³-hybridized carbons (Fsp3) is 0.636. The molecule has 0 aromatic carbocycles. The summed E-state index contributed by atoms with van der Waals surface area (Å²) in [5.41, 5.74) is 1.81. The molecule has 17 heavy (non-hydrogen) atoms. The van der Waals surface area contributed by atoms with E-state index < -0.39 is 12.4 Å². The number of carbonyl (C=O) groups is 1. The summed E-state index contributed by atoms with van der Waals surface area (Å²) >= 11 is 0. The highest BCUT2D eigenvalue weighted by Crippen LogP contribution is 2.25. The monoisotopic (exact) mass is 244 g/mol. The van der Waals surface area contributed by atoms with Gasteiger partial charge in [-0.3, -0.25) is 9.48 Å². The van der Waals surface area contributed by atoms with Crippen molar-refractivity contribution in [3.05, 3.63) is 17.5 Å². The van der Waals surface area contributed by atoms with E-state index in [2.05, 4.69) is 5.10 Å². The molecule has 0 amide bonds. The van der Waals surface area contributed by atoms with Crippen molar-refractivity contribution in [1.82, 2.24) is 9.78 Å². The van der Waals surface area contributed by atoms with Gasteiger partial charge in [0.25, 0.3) is 0 Å². The van der Waals surface area contributed by atoms with Crippen LogP contribution in [0.1, 0.15) is 24.1 Å². The van der Waals surface area contributed by atoms with E-state index in [0.717, 1.165) is 11.3 Å². The molecular formula is C11H14F2N2O2. The summed E-state index contributed by atoms with van der Waals surface area (Å²) in [5, 5.41) is 13.0. The largest absolute Gasteiger partial charge is 0.481 e. The van der Waals surface area contributed by atoms with E-state index in [1.807, 2.05) is 0 Å². The molecule has 1 heterocycles. The molecule has 1 aliphatic carbocycles. The zero-order valence-electron chi connectivity index (χ0n) is 9.27. The molecule has 0 saturated heterocycles. The molecule has 94 valence electrons. The smallest absolute Gasteiger partial charge is 0.306 e. The lowest BCUT2D eigenvalue weighted by Gasteiger charge is -2.19. The Morgan fingerprint density at radius 1 is 1.65 bits per heavy atom. The summed E-state index contributed by atoms with van der Waals surface area (Å²) in [6.07, 6.45) is 0.689. The van der Waals surface area contributed by atoms with Crippen molar-refractivity contribution in [2.45, 2.75) is 38.7 Å². The SMILES string of the molecule is O=C(O)C1CCc2c(cnn2CCC(F)F)C1. The van der Waals surface area contributed by atoms with Crippen molar-refractivity contribution < 1.29 is 18.7 Å². The molecular weight excluding hydrogens is 230 g/mol. The number of halogens is 2. The highest BCUT2D eigenvalue weighted by Gasteiger charge is 2.26. The van der Waals surface area contributed by atoms with Gasteiger partial charge in [0, 0.05) is 18.7 Å². The van der Waals surface area contributed by atoms with E-state index in [9.17, 15) is 13.6 Å². The molecule has 2 rings (SSSR count). The second-order valence-electron chi connectivity index (χ2n) is 4.30. The highest BCUT2D eigenvalue weighted by atomic mass is 19.3. The lowest BCUT2D eigenvalue weighted by Crippen LogP contribution is -2.23. The Kier molecular flexibility index (Phi) is 3.40. The van der Waals surface area contributed by atoms with Crippen LogP contribution in [0.5, 0.6) is 0 Å². The third kappa shape index (κ3) is 2.62. The van der Waals surface area contributed by atoms with Gasteiger partial charge in [-0.15, -0.1) is 0 Å². The first-order valence-electron chi connectivity index (χ1n) is 5.62. The molecule has 0 saturated carbocycles.